The number of carbonyl (C=O) groups excluding carboxylic acids is 1. The molecule has 1 aromatic heterocycles. The quantitative estimate of drug-likeness (QED) is 0.816. The Morgan fingerprint density at radius 3 is 2.95 bits per heavy atom. The molecule has 0 N–H and O–H groups in total. The number of ether oxygens (including phenoxy) is 1. The fourth-order valence-corrected chi connectivity index (χ4v) is 3.78. The smallest absolute Gasteiger partial charge is 0.216 e. The molecule has 2 bridgehead atoms. The Hall–Kier alpha value is -1.45. The van der Waals surface area contributed by atoms with Crippen molar-refractivity contribution in [1.82, 2.24) is 9.97 Å². The van der Waals surface area contributed by atoms with E-state index in [0.29, 0.717) is 24.0 Å². The van der Waals surface area contributed by atoms with Crippen LogP contribution in [0.25, 0.3) is 0 Å². The standard InChI is InChI=1S/C15H20N2O2/c1-19-15-8-13(16-9-17-15)7-14(18)6-12-5-10-2-3-11(12)4-10/h8-12H,2-7H2,1H3. The zero-order chi connectivity index (χ0) is 13.2. The third-order valence-electron chi connectivity index (χ3n) is 4.66. The largest absolute Gasteiger partial charge is 0.481 e. The van der Waals surface area contributed by atoms with E-state index >= 15 is 0 Å². The molecule has 2 aliphatic carbocycles. The maximum Gasteiger partial charge on any atom is 0.216 e. The maximum absolute atomic E-state index is 12.1. The molecule has 4 heteroatoms. The highest BCUT2D eigenvalue weighted by Gasteiger charge is 2.39. The van der Waals surface area contributed by atoms with Crippen molar-refractivity contribution in [2.24, 2.45) is 17.8 Å². The summed E-state index contributed by atoms with van der Waals surface area (Å²) in [6, 6.07) is 1.75. The molecule has 3 rings (SSSR count). The Morgan fingerprint density at radius 1 is 1.37 bits per heavy atom. The van der Waals surface area contributed by atoms with E-state index in [1.54, 1.807) is 13.2 Å². The molecule has 3 unspecified atom stereocenters. The highest BCUT2D eigenvalue weighted by molar-refractivity contribution is 5.80. The Bertz CT molecular complexity index is 475. The molecule has 1 aromatic rings. The topological polar surface area (TPSA) is 52.1 Å². The predicted molar refractivity (Wildman–Crippen MR) is 70.9 cm³/mol. The van der Waals surface area contributed by atoms with E-state index in [0.717, 1.165) is 24.0 Å². The fraction of sp³-hybridized carbons (Fsp3) is 0.667. The summed E-state index contributed by atoms with van der Waals surface area (Å²) in [6.07, 6.45) is 7.95. The summed E-state index contributed by atoms with van der Waals surface area (Å²) < 4.78 is 5.05. The number of ketones is 1. The molecule has 1 heterocycles. The summed E-state index contributed by atoms with van der Waals surface area (Å²) in [6.45, 7) is 0. The van der Waals surface area contributed by atoms with Gasteiger partial charge in [0.2, 0.25) is 5.88 Å². The van der Waals surface area contributed by atoms with Crippen molar-refractivity contribution in [2.45, 2.75) is 38.5 Å². The minimum Gasteiger partial charge on any atom is -0.481 e. The van der Waals surface area contributed by atoms with E-state index in [1.807, 2.05) is 0 Å². The maximum atomic E-state index is 12.1. The molecule has 0 amide bonds. The Labute approximate surface area is 113 Å². The first-order valence-electron chi connectivity index (χ1n) is 7.11. The predicted octanol–water partition coefficient (Wildman–Crippen LogP) is 2.42. The third kappa shape index (κ3) is 2.77. The lowest BCUT2D eigenvalue weighted by Gasteiger charge is -2.20. The molecule has 0 aromatic carbocycles. The lowest BCUT2D eigenvalue weighted by atomic mass is 9.84. The highest BCUT2D eigenvalue weighted by atomic mass is 16.5. The first-order valence-corrected chi connectivity index (χ1v) is 7.11. The van der Waals surface area contributed by atoms with Crippen molar-refractivity contribution in [3.63, 3.8) is 0 Å². The van der Waals surface area contributed by atoms with E-state index in [-0.39, 0.29) is 0 Å². The number of methoxy groups -OCH3 is 1. The van der Waals surface area contributed by atoms with E-state index in [1.165, 1.54) is 32.0 Å². The van der Waals surface area contributed by atoms with Gasteiger partial charge < -0.3 is 4.74 Å². The van der Waals surface area contributed by atoms with Gasteiger partial charge in [-0.25, -0.2) is 9.97 Å². The molecular weight excluding hydrogens is 240 g/mol. The second-order valence-corrected chi connectivity index (χ2v) is 5.91. The zero-order valence-corrected chi connectivity index (χ0v) is 11.3. The summed E-state index contributed by atoms with van der Waals surface area (Å²) in [7, 11) is 1.57. The van der Waals surface area contributed by atoms with Crippen molar-refractivity contribution in [3.05, 3.63) is 18.1 Å². The van der Waals surface area contributed by atoms with Crippen LogP contribution in [-0.4, -0.2) is 22.9 Å². The van der Waals surface area contributed by atoms with Gasteiger partial charge in [0, 0.05) is 18.9 Å². The van der Waals surface area contributed by atoms with Crippen LogP contribution >= 0.6 is 0 Å². The Kier molecular flexibility index (Phi) is 3.49. The van der Waals surface area contributed by atoms with Gasteiger partial charge in [0.15, 0.2) is 0 Å². The number of Topliss-reactive ketones (excluding diaryl/α,β-unsaturated/α-hetero) is 1. The molecular formula is C15H20N2O2. The summed E-state index contributed by atoms with van der Waals surface area (Å²) in [5, 5.41) is 0. The van der Waals surface area contributed by atoms with Crippen molar-refractivity contribution < 1.29 is 9.53 Å². The molecule has 3 atom stereocenters. The fourth-order valence-electron chi connectivity index (χ4n) is 3.78. The number of nitrogens with zero attached hydrogens (tertiary/aromatic N) is 2. The van der Waals surface area contributed by atoms with Crippen LogP contribution in [0.5, 0.6) is 5.88 Å². The molecule has 2 saturated carbocycles. The SMILES string of the molecule is COc1cc(CC(=O)CC2CC3CCC2C3)ncn1. The normalized spacial score (nSPS) is 28.6. The summed E-state index contributed by atoms with van der Waals surface area (Å²) >= 11 is 0. The van der Waals surface area contributed by atoms with E-state index in [4.69, 9.17) is 4.74 Å². The van der Waals surface area contributed by atoms with Crippen LogP contribution in [0.2, 0.25) is 0 Å². The van der Waals surface area contributed by atoms with Gasteiger partial charge in [0.1, 0.15) is 12.1 Å². The van der Waals surface area contributed by atoms with Crippen molar-refractivity contribution >= 4 is 5.78 Å². The van der Waals surface area contributed by atoms with E-state index < -0.39 is 0 Å². The van der Waals surface area contributed by atoms with Crippen LogP contribution < -0.4 is 4.74 Å². The van der Waals surface area contributed by atoms with Gasteiger partial charge in [-0.2, -0.15) is 0 Å². The molecule has 102 valence electrons. The van der Waals surface area contributed by atoms with Gasteiger partial charge in [0.05, 0.1) is 12.8 Å². The van der Waals surface area contributed by atoms with Crippen molar-refractivity contribution in [2.75, 3.05) is 7.11 Å². The molecule has 0 radical (unpaired) electrons. The summed E-state index contributed by atoms with van der Waals surface area (Å²) in [5.74, 6) is 3.18. The van der Waals surface area contributed by atoms with Crippen LogP contribution in [0, 0.1) is 17.8 Å². The van der Waals surface area contributed by atoms with Crippen LogP contribution in [0.15, 0.2) is 12.4 Å². The summed E-state index contributed by atoms with van der Waals surface area (Å²) in [4.78, 5) is 20.2. The zero-order valence-electron chi connectivity index (χ0n) is 11.3. The third-order valence-corrected chi connectivity index (χ3v) is 4.66. The number of aromatic nitrogens is 2. The number of fused-ring (bicyclic) bond motifs is 2. The number of hydrogen-bond acceptors (Lipinski definition) is 4. The molecule has 2 aliphatic rings. The van der Waals surface area contributed by atoms with Crippen LogP contribution in [0.3, 0.4) is 0 Å². The van der Waals surface area contributed by atoms with Crippen molar-refractivity contribution in [3.8, 4) is 5.88 Å². The van der Waals surface area contributed by atoms with Gasteiger partial charge in [-0.05, 0) is 37.0 Å². The average molecular weight is 260 g/mol. The number of rotatable bonds is 5. The molecule has 19 heavy (non-hydrogen) atoms. The molecule has 0 saturated heterocycles. The summed E-state index contributed by atoms with van der Waals surface area (Å²) in [5.41, 5.74) is 0.764. The molecule has 0 spiro atoms. The average Bonchev–Trinajstić information content (AvgIpc) is 3.01. The van der Waals surface area contributed by atoms with Gasteiger partial charge in [-0.3, -0.25) is 4.79 Å². The number of hydrogen-bond donors (Lipinski definition) is 0. The first kappa shape index (κ1) is 12.6. The molecule has 2 fully saturated rings. The Balaban J connectivity index is 1.56. The monoisotopic (exact) mass is 260 g/mol. The van der Waals surface area contributed by atoms with E-state index in [2.05, 4.69) is 9.97 Å². The number of carbonyl (C=O) groups is 1. The molecule has 4 nitrogen and oxygen atoms in total. The van der Waals surface area contributed by atoms with Gasteiger partial charge in [-0.15, -0.1) is 0 Å². The molecule has 0 aliphatic heterocycles. The second-order valence-electron chi connectivity index (χ2n) is 5.91. The van der Waals surface area contributed by atoms with E-state index in [9.17, 15) is 4.79 Å². The van der Waals surface area contributed by atoms with Crippen molar-refractivity contribution in [1.29, 1.82) is 0 Å². The minimum absolute atomic E-state index is 0.304. The van der Waals surface area contributed by atoms with Crippen LogP contribution in [0.4, 0.5) is 0 Å². The highest BCUT2D eigenvalue weighted by Crippen LogP contribution is 2.49. The lowest BCUT2D eigenvalue weighted by molar-refractivity contribution is -0.119. The second kappa shape index (κ2) is 5.27. The van der Waals surface area contributed by atoms with Gasteiger partial charge >= 0.3 is 0 Å². The van der Waals surface area contributed by atoms with Crippen LogP contribution in [0.1, 0.15) is 37.8 Å². The van der Waals surface area contributed by atoms with Gasteiger partial charge in [0.25, 0.3) is 0 Å². The lowest BCUT2D eigenvalue weighted by Crippen LogP contribution is -2.16. The minimum atomic E-state index is 0.304. The Morgan fingerprint density at radius 2 is 2.26 bits per heavy atom. The van der Waals surface area contributed by atoms with Gasteiger partial charge in [-0.1, -0.05) is 6.42 Å². The van der Waals surface area contributed by atoms with Crippen LogP contribution in [-0.2, 0) is 11.2 Å². The first-order chi connectivity index (χ1) is 9.24.